The summed E-state index contributed by atoms with van der Waals surface area (Å²) in [6.07, 6.45) is 2.24. The van der Waals surface area contributed by atoms with Gasteiger partial charge in [0.2, 0.25) is 0 Å². The third-order valence-corrected chi connectivity index (χ3v) is 4.34. The zero-order chi connectivity index (χ0) is 10.3. The van der Waals surface area contributed by atoms with Gasteiger partial charge in [0.05, 0.1) is 5.56 Å². The maximum atomic E-state index is 11.0. The van der Waals surface area contributed by atoms with Gasteiger partial charge in [-0.05, 0) is 30.2 Å². The highest BCUT2D eigenvalue weighted by atomic mass is 32.1. The van der Waals surface area contributed by atoms with Crippen molar-refractivity contribution in [3.63, 3.8) is 0 Å². The largest absolute Gasteiger partial charge is 0.478 e. The first kappa shape index (κ1) is 9.71. The highest BCUT2D eigenvalue weighted by Gasteiger charge is 2.28. The van der Waals surface area contributed by atoms with Crippen molar-refractivity contribution in [1.82, 2.24) is 0 Å². The lowest BCUT2D eigenvalue weighted by atomic mass is 9.79. The Hall–Kier alpha value is -0.830. The molecule has 2 rings (SSSR count). The molecule has 3 heteroatoms. The van der Waals surface area contributed by atoms with Gasteiger partial charge in [0.1, 0.15) is 0 Å². The molecule has 1 N–H and O–H groups in total. The Balaban J connectivity index is 2.49. The second-order valence-corrected chi connectivity index (χ2v) is 5.06. The van der Waals surface area contributed by atoms with Crippen LogP contribution >= 0.6 is 11.3 Å². The quantitative estimate of drug-likeness (QED) is 0.773. The molecule has 2 nitrogen and oxygen atoms in total. The second kappa shape index (κ2) is 3.39. The molecule has 0 radical (unpaired) electrons. The minimum atomic E-state index is -0.775. The van der Waals surface area contributed by atoms with Crippen molar-refractivity contribution in [3.8, 4) is 0 Å². The van der Waals surface area contributed by atoms with Crippen molar-refractivity contribution in [2.24, 2.45) is 5.92 Å². The first-order chi connectivity index (χ1) is 6.61. The van der Waals surface area contributed by atoms with Crippen LogP contribution in [0.3, 0.4) is 0 Å². The lowest BCUT2D eigenvalue weighted by molar-refractivity contribution is 0.0695. The van der Waals surface area contributed by atoms with Crippen LogP contribution in [0, 0.1) is 5.92 Å². The van der Waals surface area contributed by atoms with Crippen molar-refractivity contribution in [3.05, 3.63) is 21.4 Å². The van der Waals surface area contributed by atoms with Gasteiger partial charge in [-0.2, -0.15) is 0 Å². The Morgan fingerprint density at radius 2 is 2.29 bits per heavy atom. The van der Waals surface area contributed by atoms with E-state index in [1.807, 2.05) is 0 Å². The molecule has 14 heavy (non-hydrogen) atoms. The number of carboxylic acid groups (broad SMARTS) is 1. The molecule has 1 aromatic heterocycles. The van der Waals surface area contributed by atoms with Crippen LogP contribution in [0.15, 0.2) is 5.38 Å². The maximum absolute atomic E-state index is 11.0. The van der Waals surface area contributed by atoms with Gasteiger partial charge in [0.15, 0.2) is 0 Å². The van der Waals surface area contributed by atoms with Gasteiger partial charge < -0.3 is 5.11 Å². The summed E-state index contributed by atoms with van der Waals surface area (Å²) in [5, 5.41) is 10.8. The lowest BCUT2D eigenvalue weighted by Crippen LogP contribution is -2.16. The minimum absolute atomic E-state index is 0.399. The van der Waals surface area contributed by atoms with Crippen LogP contribution in [0.5, 0.6) is 0 Å². The number of carbonyl (C=O) groups is 1. The average Bonchev–Trinajstić information content (AvgIpc) is 2.55. The number of carboxylic acids is 1. The summed E-state index contributed by atoms with van der Waals surface area (Å²) in [5.41, 5.74) is 1.63. The van der Waals surface area contributed by atoms with E-state index < -0.39 is 5.97 Å². The molecule has 2 atom stereocenters. The third-order valence-electron chi connectivity index (χ3n) is 3.28. The third kappa shape index (κ3) is 1.36. The van der Waals surface area contributed by atoms with Crippen molar-refractivity contribution >= 4 is 17.3 Å². The molecule has 1 aliphatic carbocycles. The Morgan fingerprint density at radius 1 is 1.57 bits per heavy atom. The van der Waals surface area contributed by atoms with Gasteiger partial charge in [0.25, 0.3) is 0 Å². The van der Waals surface area contributed by atoms with Gasteiger partial charge >= 0.3 is 5.97 Å². The fraction of sp³-hybridized carbons (Fsp3) is 0.545. The minimum Gasteiger partial charge on any atom is -0.478 e. The number of fused-ring (bicyclic) bond motifs is 1. The summed E-state index contributed by atoms with van der Waals surface area (Å²) in [6.45, 7) is 4.35. The Kier molecular flexibility index (Phi) is 2.35. The normalized spacial score (nSPS) is 25.9. The van der Waals surface area contributed by atoms with E-state index in [9.17, 15) is 4.79 Å². The standard InChI is InChI=1S/C11H14O2S/c1-6-3-4-9-10(7(6)2)8(5-14-9)11(12)13/h5-7H,3-4H2,1-2H3,(H,12,13). The van der Waals surface area contributed by atoms with E-state index in [0.29, 0.717) is 17.4 Å². The molecule has 1 aliphatic rings. The van der Waals surface area contributed by atoms with Crippen LogP contribution in [-0.4, -0.2) is 11.1 Å². The van der Waals surface area contributed by atoms with Crippen molar-refractivity contribution in [2.45, 2.75) is 32.6 Å². The molecule has 0 amide bonds. The fourth-order valence-corrected chi connectivity index (χ4v) is 3.31. The van der Waals surface area contributed by atoms with Crippen molar-refractivity contribution in [2.75, 3.05) is 0 Å². The second-order valence-electron chi connectivity index (χ2n) is 4.10. The predicted octanol–water partition coefficient (Wildman–Crippen LogP) is 3.13. The van der Waals surface area contributed by atoms with E-state index in [0.717, 1.165) is 12.0 Å². The van der Waals surface area contributed by atoms with Crippen molar-refractivity contribution in [1.29, 1.82) is 0 Å². The predicted molar refractivity (Wildman–Crippen MR) is 57.2 cm³/mol. The van der Waals surface area contributed by atoms with Crippen LogP contribution in [-0.2, 0) is 6.42 Å². The van der Waals surface area contributed by atoms with Gasteiger partial charge in [-0.1, -0.05) is 13.8 Å². The molecule has 1 aromatic rings. The molecule has 0 saturated heterocycles. The van der Waals surface area contributed by atoms with Crippen LogP contribution < -0.4 is 0 Å². The monoisotopic (exact) mass is 210 g/mol. The Morgan fingerprint density at radius 3 is 2.93 bits per heavy atom. The SMILES string of the molecule is CC1CCc2scc(C(=O)O)c2C1C. The topological polar surface area (TPSA) is 37.3 Å². The number of hydrogen-bond acceptors (Lipinski definition) is 2. The molecule has 0 aromatic carbocycles. The van der Waals surface area contributed by atoms with Crippen LogP contribution in [0.1, 0.15) is 47.0 Å². The molecular formula is C11H14O2S. The highest BCUT2D eigenvalue weighted by Crippen LogP contribution is 2.40. The highest BCUT2D eigenvalue weighted by molar-refractivity contribution is 7.10. The summed E-state index contributed by atoms with van der Waals surface area (Å²) >= 11 is 1.61. The summed E-state index contributed by atoms with van der Waals surface area (Å²) in [7, 11) is 0. The van der Waals surface area contributed by atoms with Gasteiger partial charge in [-0.15, -0.1) is 11.3 Å². The number of thiophene rings is 1. The van der Waals surface area contributed by atoms with E-state index in [1.165, 1.54) is 11.3 Å². The van der Waals surface area contributed by atoms with Crippen LogP contribution in [0.4, 0.5) is 0 Å². The fourth-order valence-electron chi connectivity index (χ4n) is 2.16. The molecule has 0 aliphatic heterocycles. The molecule has 2 unspecified atom stereocenters. The van der Waals surface area contributed by atoms with Crippen LogP contribution in [0.2, 0.25) is 0 Å². The molecule has 0 bridgehead atoms. The number of rotatable bonds is 1. The summed E-state index contributed by atoms with van der Waals surface area (Å²) in [4.78, 5) is 12.3. The van der Waals surface area contributed by atoms with E-state index in [1.54, 1.807) is 16.7 Å². The number of aryl methyl sites for hydroxylation is 1. The Bertz CT molecular complexity index is 367. The van der Waals surface area contributed by atoms with E-state index in [-0.39, 0.29) is 0 Å². The van der Waals surface area contributed by atoms with E-state index >= 15 is 0 Å². The van der Waals surface area contributed by atoms with Gasteiger partial charge in [-0.25, -0.2) is 4.79 Å². The molecular weight excluding hydrogens is 196 g/mol. The molecule has 0 fully saturated rings. The summed E-state index contributed by atoms with van der Waals surface area (Å²) in [6, 6.07) is 0. The summed E-state index contributed by atoms with van der Waals surface area (Å²) in [5.74, 6) is 0.231. The van der Waals surface area contributed by atoms with E-state index in [4.69, 9.17) is 5.11 Å². The van der Waals surface area contributed by atoms with Gasteiger partial charge in [0, 0.05) is 10.3 Å². The zero-order valence-corrected chi connectivity index (χ0v) is 9.23. The van der Waals surface area contributed by atoms with Crippen molar-refractivity contribution < 1.29 is 9.90 Å². The Labute approximate surface area is 87.6 Å². The maximum Gasteiger partial charge on any atom is 0.336 e. The van der Waals surface area contributed by atoms with Gasteiger partial charge in [-0.3, -0.25) is 0 Å². The smallest absolute Gasteiger partial charge is 0.336 e. The van der Waals surface area contributed by atoms with Crippen LogP contribution in [0.25, 0.3) is 0 Å². The first-order valence-electron chi connectivity index (χ1n) is 4.94. The first-order valence-corrected chi connectivity index (χ1v) is 5.82. The molecule has 0 spiro atoms. The number of hydrogen-bond donors (Lipinski definition) is 1. The number of aromatic carboxylic acids is 1. The zero-order valence-electron chi connectivity index (χ0n) is 8.41. The lowest BCUT2D eigenvalue weighted by Gasteiger charge is -2.26. The summed E-state index contributed by atoms with van der Waals surface area (Å²) < 4.78 is 0. The molecule has 76 valence electrons. The average molecular weight is 210 g/mol. The van der Waals surface area contributed by atoms with E-state index in [2.05, 4.69) is 13.8 Å². The molecule has 1 heterocycles. The molecule has 0 saturated carbocycles.